The number of benzene rings is 1. The first-order valence-corrected chi connectivity index (χ1v) is 7.58. The Morgan fingerprint density at radius 1 is 1.45 bits per heavy atom. The zero-order valence-electron chi connectivity index (χ0n) is 11.8. The van der Waals surface area contributed by atoms with Crippen molar-refractivity contribution >= 4 is 34.7 Å². The normalized spacial score (nSPS) is 10.6. The highest BCUT2D eigenvalue weighted by Gasteiger charge is 2.09. The number of carbonyl (C=O) groups is 1. The molecule has 0 fully saturated rings. The summed E-state index contributed by atoms with van der Waals surface area (Å²) < 4.78 is 6.23. The number of nitrogens with zero attached hydrogens (tertiary/aromatic N) is 2. The predicted molar refractivity (Wildman–Crippen MR) is 91.3 cm³/mol. The van der Waals surface area contributed by atoms with Crippen molar-refractivity contribution in [1.29, 1.82) is 0 Å². The Hall–Kier alpha value is -2.16. The van der Waals surface area contributed by atoms with Gasteiger partial charge in [-0.2, -0.15) is 5.10 Å². The van der Waals surface area contributed by atoms with Gasteiger partial charge in [0.1, 0.15) is 0 Å². The molecule has 22 heavy (non-hydrogen) atoms. The highest BCUT2D eigenvalue weighted by atomic mass is 127. The molecule has 0 aliphatic rings. The van der Waals surface area contributed by atoms with Crippen LogP contribution in [0.5, 0.6) is 11.5 Å². The molecule has 0 bridgehead atoms. The van der Waals surface area contributed by atoms with Crippen LogP contribution in [0.4, 0.5) is 0 Å². The minimum atomic E-state index is -0.353. The number of phenols is 1. The minimum absolute atomic E-state index is 0.0100. The van der Waals surface area contributed by atoms with Crippen LogP contribution in [0.15, 0.2) is 41.8 Å². The molecule has 6 nitrogen and oxygen atoms in total. The van der Waals surface area contributed by atoms with E-state index in [-0.39, 0.29) is 11.7 Å². The molecule has 0 aliphatic heterocycles. The van der Waals surface area contributed by atoms with E-state index >= 15 is 0 Å². The predicted octanol–water partition coefficient (Wildman–Crippen LogP) is 2.55. The summed E-state index contributed by atoms with van der Waals surface area (Å²) in [7, 11) is 0. The standard InChI is InChI=1S/C15H14IN3O3/c1-2-22-13-8-12(16)7-11(14(13)20)9-18-19-15(21)10-3-5-17-6-4-10/h3-9,20H,2H2,1H3,(H,19,21)/b18-9+. The van der Waals surface area contributed by atoms with Crippen LogP contribution in [0.3, 0.4) is 0 Å². The molecule has 1 amide bonds. The van der Waals surface area contributed by atoms with Gasteiger partial charge in [0.2, 0.25) is 0 Å². The van der Waals surface area contributed by atoms with Crippen molar-refractivity contribution in [3.8, 4) is 11.5 Å². The van der Waals surface area contributed by atoms with Gasteiger partial charge in [-0.05, 0) is 53.8 Å². The van der Waals surface area contributed by atoms with E-state index in [0.717, 1.165) is 3.57 Å². The van der Waals surface area contributed by atoms with Crippen molar-refractivity contribution in [1.82, 2.24) is 10.4 Å². The number of hydrogen-bond donors (Lipinski definition) is 2. The second-order valence-electron chi connectivity index (χ2n) is 4.21. The van der Waals surface area contributed by atoms with Crippen LogP contribution >= 0.6 is 22.6 Å². The van der Waals surface area contributed by atoms with Crippen LogP contribution in [0.2, 0.25) is 0 Å². The van der Waals surface area contributed by atoms with Crippen molar-refractivity contribution in [3.05, 3.63) is 51.4 Å². The van der Waals surface area contributed by atoms with E-state index in [2.05, 4.69) is 38.1 Å². The van der Waals surface area contributed by atoms with Gasteiger partial charge in [-0.15, -0.1) is 0 Å². The van der Waals surface area contributed by atoms with E-state index in [4.69, 9.17) is 4.74 Å². The number of rotatable bonds is 5. The van der Waals surface area contributed by atoms with Gasteiger partial charge >= 0.3 is 0 Å². The molecule has 0 aliphatic carbocycles. The number of hydrogen-bond acceptors (Lipinski definition) is 5. The van der Waals surface area contributed by atoms with Crippen LogP contribution in [-0.4, -0.2) is 28.8 Å². The lowest BCUT2D eigenvalue weighted by atomic mass is 10.2. The molecule has 2 aromatic rings. The molecule has 2 N–H and O–H groups in total. The van der Waals surface area contributed by atoms with E-state index in [1.807, 2.05) is 6.92 Å². The summed E-state index contributed by atoms with van der Waals surface area (Å²) in [6.45, 7) is 2.28. The number of phenolic OH excluding ortho intramolecular Hbond substituents is 1. The fourth-order valence-electron chi connectivity index (χ4n) is 1.69. The van der Waals surface area contributed by atoms with Gasteiger partial charge in [0.05, 0.1) is 12.8 Å². The number of pyridine rings is 1. The van der Waals surface area contributed by atoms with E-state index in [1.165, 1.54) is 18.6 Å². The van der Waals surface area contributed by atoms with E-state index in [0.29, 0.717) is 23.5 Å². The van der Waals surface area contributed by atoms with Crippen molar-refractivity contribution in [3.63, 3.8) is 0 Å². The fraction of sp³-hybridized carbons (Fsp3) is 0.133. The second kappa shape index (κ2) is 7.74. The number of hydrazone groups is 1. The first kappa shape index (κ1) is 16.2. The van der Waals surface area contributed by atoms with Gasteiger partial charge in [0, 0.05) is 27.1 Å². The Morgan fingerprint density at radius 2 is 2.18 bits per heavy atom. The zero-order valence-corrected chi connectivity index (χ0v) is 13.9. The first-order chi connectivity index (χ1) is 10.6. The molecule has 0 radical (unpaired) electrons. The highest BCUT2D eigenvalue weighted by molar-refractivity contribution is 14.1. The van der Waals surface area contributed by atoms with Gasteiger partial charge in [-0.25, -0.2) is 5.43 Å². The number of aromatic nitrogens is 1. The van der Waals surface area contributed by atoms with Gasteiger partial charge < -0.3 is 9.84 Å². The maximum absolute atomic E-state index is 11.8. The van der Waals surface area contributed by atoms with Crippen LogP contribution in [0.1, 0.15) is 22.8 Å². The van der Waals surface area contributed by atoms with Crippen molar-refractivity contribution in [2.75, 3.05) is 6.61 Å². The molecule has 0 atom stereocenters. The SMILES string of the molecule is CCOc1cc(I)cc(/C=N/NC(=O)c2ccncc2)c1O. The summed E-state index contributed by atoms with van der Waals surface area (Å²) in [4.78, 5) is 15.7. The summed E-state index contributed by atoms with van der Waals surface area (Å²) >= 11 is 2.11. The average molecular weight is 411 g/mol. The Bertz CT molecular complexity index is 690. The summed E-state index contributed by atoms with van der Waals surface area (Å²) in [6, 6.07) is 6.63. The molecule has 114 valence electrons. The third kappa shape index (κ3) is 4.17. The number of nitrogens with one attached hydrogen (secondary N) is 1. The van der Waals surface area contributed by atoms with E-state index in [9.17, 15) is 9.90 Å². The number of aromatic hydroxyl groups is 1. The quantitative estimate of drug-likeness (QED) is 0.450. The Morgan fingerprint density at radius 3 is 2.86 bits per heavy atom. The third-order valence-electron chi connectivity index (χ3n) is 2.68. The lowest BCUT2D eigenvalue weighted by molar-refractivity contribution is 0.0955. The lowest BCUT2D eigenvalue weighted by Gasteiger charge is -2.08. The summed E-state index contributed by atoms with van der Waals surface area (Å²) in [5.74, 6) is 0.0225. The molecule has 0 unspecified atom stereocenters. The molecule has 7 heteroatoms. The van der Waals surface area contributed by atoms with Crippen LogP contribution < -0.4 is 10.2 Å². The number of carbonyl (C=O) groups excluding carboxylic acids is 1. The summed E-state index contributed by atoms with van der Waals surface area (Å²) in [6.07, 6.45) is 4.43. The molecular weight excluding hydrogens is 397 g/mol. The zero-order chi connectivity index (χ0) is 15.9. The summed E-state index contributed by atoms with van der Waals surface area (Å²) in [5, 5.41) is 13.9. The topological polar surface area (TPSA) is 83.8 Å². The monoisotopic (exact) mass is 411 g/mol. The Labute approximate surface area is 141 Å². The van der Waals surface area contributed by atoms with Crippen LogP contribution in [0.25, 0.3) is 0 Å². The molecule has 0 saturated heterocycles. The average Bonchev–Trinajstić information content (AvgIpc) is 2.52. The molecule has 0 spiro atoms. The fourth-order valence-corrected chi connectivity index (χ4v) is 2.30. The van der Waals surface area contributed by atoms with E-state index in [1.54, 1.807) is 24.3 Å². The molecule has 1 aromatic heterocycles. The Balaban J connectivity index is 2.12. The lowest BCUT2D eigenvalue weighted by Crippen LogP contribution is -2.17. The first-order valence-electron chi connectivity index (χ1n) is 6.50. The van der Waals surface area contributed by atoms with Crippen molar-refractivity contribution < 1.29 is 14.6 Å². The number of amides is 1. The summed E-state index contributed by atoms with van der Waals surface area (Å²) in [5.41, 5.74) is 3.31. The number of ether oxygens (including phenoxy) is 1. The molecule has 1 aromatic carbocycles. The largest absolute Gasteiger partial charge is 0.504 e. The second-order valence-corrected chi connectivity index (χ2v) is 5.46. The van der Waals surface area contributed by atoms with Gasteiger partial charge in [-0.1, -0.05) is 0 Å². The third-order valence-corrected chi connectivity index (χ3v) is 3.30. The van der Waals surface area contributed by atoms with Crippen LogP contribution in [0, 0.1) is 3.57 Å². The molecule has 0 saturated carbocycles. The smallest absolute Gasteiger partial charge is 0.271 e. The van der Waals surface area contributed by atoms with Crippen molar-refractivity contribution in [2.24, 2.45) is 5.10 Å². The van der Waals surface area contributed by atoms with Gasteiger partial charge in [-0.3, -0.25) is 9.78 Å². The highest BCUT2D eigenvalue weighted by Crippen LogP contribution is 2.31. The Kier molecular flexibility index (Phi) is 5.70. The van der Waals surface area contributed by atoms with Gasteiger partial charge in [0.25, 0.3) is 5.91 Å². The molecule has 2 rings (SSSR count). The van der Waals surface area contributed by atoms with Gasteiger partial charge in [0.15, 0.2) is 11.5 Å². The van der Waals surface area contributed by atoms with E-state index < -0.39 is 0 Å². The maximum Gasteiger partial charge on any atom is 0.271 e. The maximum atomic E-state index is 11.8. The molecule has 1 heterocycles. The van der Waals surface area contributed by atoms with Crippen molar-refractivity contribution in [2.45, 2.75) is 6.92 Å². The van der Waals surface area contributed by atoms with Crippen LogP contribution in [-0.2, 0) is 0 Å². The number of halogens is 1. The minimum Gasteiger partial charge on any atom is -0.504 e. The molecular formula is C15H14IN3O3.